The topological polar surface area (TPSA) is 37.3 Å². The lowest BCUT2D eigenvalue weighted by Gasteiger charge is -2.02. The standard InChI is InChI=1S/C16H34.C9H18O2/c1-3-5-7-9-11-13-15-16-14-12-10-8-6-4-2;1-2-3-4-5-6-7-8-9(10)11/h3-16H2,1-2H3;2-8H2,1H3,(H,10,11). The Morgan fingerprint density at radius 2 is 0.667 bits per heavy atom. The van der Waals surface area contributed by atoms with Crippen molar-refractivity contribution in [3.05, 3.63) is 0 Å². The molecule has 0 aromatic heterocycles. The predicted octanol–water partition coefficient (Wildman–Crippen LogP) is 9.31. The van der Waals surface area contributed by atoms with Gasteiger partial charge >= 0.3 is 5.97 Å². The van der Waals surface area contributed by atoms with E-state index in [1.165, 1.54) is 116 Å². The molecule has 0 radical (unpaired) electrons. The molecular formula is C25H52O2. The SMILES string of the molecule is CCCCCCCCC(=O)O.CCCCCCCCCCCCCCCC. The van der Waals surface area contributed by atoms with Crippen molar-refractivity contribution in [1.29, 1.82) is 0 Å². The lowest BCUT2D eigenvalue weighted by Crippen LogP contribution is -1.93. The zero-order valence-electron chi connectivity index (χ0n) is 19.2. The first-order valence-electron chi connectivity index (χ1n) is 12.4. The molecule has 0 saturated heterocycles. The van der Waals surface area contributed by atoms with E-state index in [1.807, 2.05) is 0 Å². The molecule has 0 unspecified atom stereocenters. The van der Waals surface area contributed by atoms with E-state index in [0.29, 0.717) is 6.42 Å². The average molecular weight is 385 g/mol. The summed E-state index contributed by atoms with van der Waals surface area (Å²) in [6, 6.07) is 0. The molecule has 0 aromatic rings. The van der Waals surface area contributed by atoms with Crippen molar-refractivity contribution in [2.45, 2.75) is 156 Å². The van der Waals surface area contributed by atoms with Crippen LogP contribution in [0.5, 0.6) is 0 Å². The maximum absolute atomic E-state index is 10.1. The van der Waals surface area contributed by atoms with E-state index in [0.717, 1.165) is 12.8 Å². The number of unbranched alkanes of at least 4 members (excludes halogenated alkanes) is 18. The first-order valence-corrected chi connectivity index (χ1v) is 12.4. The van der Waals surface area contributed by atoms with Gasteiger partial charge in [0.2, 0.25) is 0 Å². The van der Waals surface area contributed by atoms with Crippen LogP contribution in [0.3, 0.4) is 0 Å². The third-order valence-corrected chi connectivity index (χ3v) is 5.20. The van der Waals surface area contributed by atoms with E-state index in [-0.39, 0.29) is 0 Å². The minimum atomic E-state index is -0.666. The molecule has 0 bridgehead atoms. The molecule has 0 atom stereocenters. The Labute approximate surface area is 171 Å². The molecule has 0 spiro atoms. The lowest BCUT2D eigenvalue weighted by molar-refractivity contribution is -0.137. The predicted molar refractivity (Wildman–Crippen MR) is 122 cm³/mol. The molecule has 2 heteroatoms. The van der Waals surface area contributed by atoms with Crippen LogP contribution in [0, 0.1) is 0 Å². The van der Waals surface area contributed by atoms with Crippen molar-refractivity contribution < 1.29 is 9.90 Å². The highest BCUT2D eigenvalue weighted by atomic mass is 16.4. The van der Waals surface area contributed by atoms with Crippen LogP contribution >= 0.6 is 0 Å². The van der Waals surface area contributed by atoms with Gasteiger partial charge in [-0.1, -0.05) is 143 Å². The zero-order valence-corrected chi connectivity index (χ0v) is 19.2. The molecule has 0 aromatic carbocycles. The van der Waals surface area contributed by atoms with Crippen LogP contribution in [-0.2, 0) is 4.79 Å². The summed E-state index contributed by atoms with van der Waals surface area (Å²) < 4.78 is 0. The van der Waals surface area contributed by atoms with Crippen LogP contribution in [0.15, 0.2) is 0 Å². The molecule has 0 heterocycles. The summed E-state index contributed by atoms with van der Waals surface area (Å²) in [6.45, 7) is 6.76. The molecule has 0 rings (SSSR count). The van der Waals surface area contributed by atoms with Crippen LogP contribution in [0.25, 0.3) is 0 Å². The third kappa shape index (κ3) is 33.5. The largest absolute Gasteiger partial charge is 0.481 e. The quantitative estimate of drug-likeness (QED) is 0.212. The van der Waals surface area contributed by atoms with Gasteiger partial charge < -0.3 is 5.11 Å². The van der Waals surface area contributed by atoms with Crippen molar-refractivity contribution in [2.75, 3.05) is 0 Å². The molecule has 0 fully saturated rings. The van der Waals surface area contributed by atoms with E-state index in [9.17, 15) is 4.79 Å². The zero-order chi connectivity index (χ0) is 20.4. The lowest BCUT2D eigenvalue weighted by atomic mass is 10.0. The smallest absolute Gasteiger partial charge is 0.303 e. The van der Waals surface area contributed by atoms with E-state index in [4.69, 9.17) is 5.11 Å². The summed E-state index contributed by atoms with van der Waals surface area (Å²) in [5, 5.41) is 8.32. The summed E-state index contributed by atoms with van der Waals surface area (Å²) in [5.74, 6) is -0.666. The normalized spacial score (nSPS) is 10.5. The first kappa shape index (κ1) is 28.7. The second-order valence-corrected chi connectivity index (χ2v) is 8.15. The molecule has 2 nitrogen and oxygen atoms in total. The summed E-state index contributed by atoms with van der Waals surface area (Å²) in [6.07, 6.45) is 27.7. The Balaban J connectivity index is 0. The highest BCUT2D eigenvalue weighted by molar-refractivity contribution is 5.66. The van der Waals surface area contributed by atoms with Gasteiger partial charge in [-0.2, -0.15) is 0 Å². The number of rotatable bonds is 20. The number of hydrogen-bond donors (Lipinski definition) is 1. The van der Waals surface area contributed by atoms with Gasteiger partial charge in [0, 0.05) is 6.42 Å². The molecule has 164 valence electrons. The van der Waals surface area contributed by atoms with Crippen LogP contribution in [0.1, 0.15) is 156 Å². The molecule has 0 aliphatic carbocycles. The highest BCUT2D eigenvalue weighted by Gasteiger charge is 1.95. The summed E-state index contributed by atoms with van der Waals surface area (Å²) in [5.41, 5.74) is 0. The molecule has 0 aliphatic rings. The molecule has 27 heavy (non-hydrogen) atoms. The maximum Gasteiger partial charge on any atom is 0.303 e. The number of carboxylic acid groups (broad SMARTS) is 1. The summed E-state index contributed by atoms with van der Waals surface area (Å²) in [7, 11) is 0. The van der Waals surface area contributed by atoms with Crippen LogP contribution in [0.2, 0.25) is 0 Å². The monoisotopic (exact) mass is 384 g/mol. The maximum atomic E-state index is 10.1. The minimum Gasteiger partial charge on any atom is -0.481 e. The number of aliphatic carboxylic acids is 1. The van der Waals surface area contributed by atoms with Gasteiger partial charge in [0.15, 0.2) is 0 Å². The Kier molecular flexibility index (Phi) is 29.4. The number of carbonyl (C=O) groups is 1. The van der Waals surface area contributed by atoms with Crippen molar-refractivity contribution >= 4 is 5.97 Å². The average Bonchev–Trinajstić information content (AvgIpc) is 2.66. The molecule has 1 N–H and O–H groups in total. The summed E-state index contributed by atoms with van der Waals surface area (Å²) in [4.78, 5) is 10.1. The molecule has 0 saturated carbocycles. The molecular weight excluding hydrogens is 332 g/mol. The van der Waals surface area contributed by atoms with Crippen molar-refractivity contribution in [1.82, 2.24) is 0 Å². The molecule has 0 amide bonds. The van der Waals surface area contributed by atoms with E-state index in [1.54, 1.807) is 0 Å². The Bertz CT molecular complexity index is 249. The van der Waals surface area contributed by atoms with Crippen LogP contribution in [-0.4, -0.2) is 11.1 Å². The van der Waals surface area contributed by atoms with Crippen molar-refractivity contribution in [3.8, 4) is 0 Å². The fourth-order valence-corrected chi connectivity index (χ4v) is 3.32. The van der Waals surface area contributed by atoms with Gasteiger partial charge in [0.05, 0.1) is 0 Å². The van der Waals surface area contributed by atoms with Crippen LogP contribution in [0.4, 0.5) is 0 Å². The number of hydrogen-bond acceptors (Lipinski definition) is 1. The van der Waals surface area contributed by atoms with Crippen LogP contribution < -0.4 is 0 Å². The van der Waals surface area contributed by atoms with Gasteiger partial charge in [-0.25, -0.2) is 0 Å². The number of carboxylic acids is 1. The first-order chi connectivity index (χ1) is 13.2. The van der Waals surface area contributed by atoms with Gasteiger partial charge in [-0.3, -0.25) is 4.79 Å². The van der Waals surface area contributed by atoms with Gasteiger partial charge in [0.1, 0.15) is 0 Å². The highest BCUT2D eigenvalue weighted by Crippen LogP contribution is 2.12. The Morgan fingerprint density at radius 1 is 0.444 bits per heavy atom. The van der Waals surface area contributed by atoms with Gasteiger partial charge in [-0.05, 0) is 6.42 Å². The second kappa shape index (κ2) is 27.7. The fraction of sp³-hybridized carbons (Fsp3) is 0.960. The Morgan fingerprint density at radius 3 is 0.889 bits per heavy atom. The third-order valence-electron chi connectivity index (χ3n) is 5.20. The van der Waals surface area contributed by atoms with Crippen molar-refractivity contribution in [2.24, 2.45) is 0 Å². The minimum absolute atomic E-state index is 0.339. The second-order valence-electron chi connectivity index (χ2n) is 8.15. The molecule has 0 aliphatic heterocycles. The van der Waals surface area contributed by atoms with Gasteiger partial charge in [-0.15, -0.1) is 0 Å². The van der Waals surface area contributed by atoms with Crippen molar-refractivity contribution in [3.63, 3.8) is 0 Å². The van der Waals surface area contributed by atoms with E-state index >= 15 is 0 Å². The Hall–Kier alpha value is -0.530. The van der Waals surface area contributed by atoms with E-state index < -0.39 is 5.97 Å². The fourth-order valence-electron chi connectivity index (χ4n) is 3.32. The van der Waals surface area contributed by atoms with Gasteiger partial charge in [0.25, 0.3) is 0 Å². The summed E-state index contributed by atoms with van der Waals surface area (Å²) >= 11 is 0. The van der Waals surface area contributed by atoms with E-state index in [2.05, 4.69) is 20.8 Å².